The fourth-order valence-electron chi connectivity index (χ4n) is 2.99. The van der Waals surface area contributed by atoms with Gasteiger partial charge in [0.2, 0.25) is 0 Å². The Bertz CT molecular complexity index is 1120. The summed E-state index contributed by atoms with van der Waals surface area (Å²) in [4.78, 5) is 0. The molecule has 2 aromatic heterocycles. The molecule has 1 nitrogen and oxygen atoms in total. The SMILES string of the molecule is c1ccc2sc(Nc3ccc4c(c3)sc3ccccc34)cc2c1. The normalized spacial score (nSPS) is 11.5. The third-order valence-electron chi connectivity index (χ3n) is 4.07. The molecule has 0 unspecified atom stereocenters. The van der Waals surface area contributed by atoms with Crippen LogP contribution in [-0.2, 0) is 0 Å². The molecule has 0 radical (unpaired) electrons. The Morgan fingerprint density at radius 3 is 2.30 bits per heavy atom. The lowest BCUT2D eigenvalue weighted by atomic mass is 10.1. The highest BCUT2D eigenvalue weighted by Crippen LogP contribution is 2.37. The quantitative estimate of drug-likeness (QED) is 0.367. The van der Waals surface area contributed by atoms with Crippen molar-refractivity contribution in [3.05, 3.63) is 72.8 Å². The van der Waals surface area contributed by atoms with E-state index in [1.165, 1.54) is 35.3 Å². The van der Waals surface area contributed by atoms with E-state index in [9.17, 15) is 0 Å². The standard InChI is InChI=1S/C20H13NS2/c1-3-7-17-13(5-1)11-20(23-17)21-14-9-10-16-15-6-2-4-8-18(15)22-19(16)12-14/h1-12,21H. The molecule has 3 aromatic carbocycles. The fraction of sp³-hybridized carbons (Fsp3) is 0. The van der Waals surface area contributed by atoms with Gasteiger partial charge in [-0.1, -0.05) is 42.5 Å². The van der Waals surface area contributed by atoms with Crippen molar-refractivity contribution >= 4 is 63.6 Å². The summed E-state index contributed by atoms with van der Waals surface area (Å²) in [7, 11) is 0. The summed E-state index contributed by atoms with van der Waals surface area (Å²) in [5.41, 5.74) is 1.15. The van der Waals surface area contributed by atoms with E-state index in [-0.39, 0.29) is 0 Å². The summed E-state index contributed by atoms with van der Waals surface area (Å²) in [6.07, 6.45) is 0. The minimum absolute atomic E-state index is 1.15. The molecular weight excluding hydrogens is 318 g/mol. The molecular formula is C20H13NS2. The van der Waals surface area contributed by atoms with E-state index in [0.29, 0.717) is 0 Å². The largest absolute Gasteiger partial charge is 0.347 e. The minimum Gasteiger partial charge on any atom is -0.347 e. The van der Waals surface area contributed by atoms with Crippen LogP contribution in [0.5, 0.6) is 0 Å². The zero-order chi connectivity index (χ0) is 15.2. The third-order valence-corrected chi connectivity index (χ3v) is 6.24. The lowest BCUT2D eigenvalue weighted by molar-refractivity contribution is 1.67. The van der Waals surface area contributed by atoms with Gasteiger partial charge in [-0.3, -0.25) is 0 Å². The molecule has 0 aliphatic rings. The topological polar surface area (TPSA) is 12.0 Å². The van der Waals surface area contributed by atoms with E-state index in [1.807, 2.05) is 11.3 Å². The van der Waals surface area contributed by atoms with Crippen LogP contribution in [0.2, 0.25) is 0 Å². The number of benzene rings is 3. The van der Waals surface area contributed by atoms with Gasteiger partial charge in [0.25, 0.3) is 0 Å². The summed E-state index contributed by atoms with van der Waals surface area (Å²) in [6, 6.07) is 26.0. The Morgan fingerprint density at radius 2 is 1.39 bits per heavy atom. The minimum atomic E-state index is 1.15. The predicted octanol–water partition coefficient (Wildman–Crippen LogP) is 7.01. The van der Waals surface area contributed by atoms with Crippen LogP contribution in [-0.4, -0.2) is 0 Å². The summed E-state index contributed by atoms with van der Waals surface area (Å²) < 4.78 is 4.00. The Hall–Kier alpha value is -2.36. The molecule has 0 bridgehead atoms. The van der Waals surface area contributed by atoms with Gasteiger partial charge in [0.1, 0.15) is 0 Å². The van der Waals surface area contributed by atoms with E-state index in [4.69, 9.17) is 0 Å². The smallest absolute Gasteiger partial charge is 0.0939 e. The van der Waals surface area contributed by atoms with Crippen LogP contribution in [0.3, 0.4) is 0 Å². The number of fused-ring (bicyclic) bond motifs is 4. The van der Waals surface area contributed by atoms with Crippen molar-refractivity contribution in [3.63, 3.8) is 0 Å². The van der Waals surface area contributed by atoms with Gasteiger partial charge in [0.15, 0.2) is 0 Å². The van der Waals surface area contributed by atoms with Crippen molar-refractivity contribution in [1.29, 1.82) is 0 Å². The van der Waals surface area contributed by atoms with Crippen LogP contribution >= 0.6 is 22.7 Å². The van der Waals surface area contributed by atoms with Crippen LogP contribution < -0.4 is 5.32 Å². The lowest BCUT2D eigenvalue weighted by Gasteiger charge is -2.03. The maximum Gasteiger partial charge on any atom is 0.0939 e. The van der Waals surface area contributed by atoms with Gasteiger partial charge in [-0.25, -0.2) is 0 Å². The Morgan fingerprint density at radius 1 is 0.609 bits per heavy atom. The Labute approximate surface area is 141 Å². The molecule has 5 rings (SSSR count). The Balaban J connectivity index is 1.58. The number of rotatable bonds is 2. The molecule has 110 valence electrons. The number of anilines is 2. The lowest BCUT2D eigenvalue weighted by Crippen LogP contribution is -1.85. The molecule has 0 saturated carbocycles. The van der Waals surface area contributed by atoms with Crippen LogP contribution in [0.1, 0.15) is 0 Å². The fourth-order valence-corrected chi connectivity index (χ4v) is 5.12. The number of hydrogen-bond donors (Lipinski definition) is 1. The molecule has 0 fully saturated rings. The van der Waals surface area contributed by atoms with E-state index in [1.54, 1.807) is 11.3 Å². The first kappa shape index (κ1) is 13.1. The third kappa shape index (κ3) is 2.21. The van der Waals surface area contributed by atoms with E-state index in [0.717, 1.165) is 5.69 Å². The molecule has 2 heterocycles. The second-order valence-corrected chi connectivity index (χ2v) is 7.75. The van der Waals surface area contributed by atoms with Crippen molar-refractivity contribution < 1.29 is 0 Å². The van der Waals surface area contributed by atoms with Gasteiger partial charge in [0, 0.05) is 30.6 Å². The maximum absolute atomic E-state index is 3.56. The van der Waals surface area contributed by atoms with E-state index >= 15 is 0 Å². The highest BCUT2D eigenvalue weighted by molar-refractivity contribution is 7.25. The van der Waals surface area contributed by atoms with Crippen molar-refractivity contribution in [2.24, 2.45) is 0 Å². The number of hydrogen-bond acceptors (Lipinski definition) is 3. The first-order chi connectivity index (χ1) is 11.4. The summed E-state index contributed by atoms with van der Waals surface area (Å²) in [5, 5.41) is 8.72. The molecule has 1 N–H and O–H groups in total. The molecule has 3 heteroatoms. The summed E-state index contributed by atoms with van der Waals surface area (Å²) >= 11 is 3.65. The van der Waals surface area contributed by atoms with Crippen LogP contribution in [0.25, 0.3) is 30.3 Å². The van der Waals surface area contributed by atoms with Crippen LogP contribution in [0.4, 0.5) is 10.7 Å². The molecule has 0 aliphatic carbocycles. The second kappa shape index (κ2) is 5.08. The summed E-state index contributed by atoms with van der Waals surface area (Å²) in [5.74, 6) is 0. The zero-order valence-electron chi connectivity index (χ0n) is 12.2. The molecule has 0 spiro atoms. The first-order valence-corrected chi connectivity index (χ1v) is 9.17. The average molecular weight is 331 g/mol. The summed E-state index contributed by atoms with van der Waals surface area (Å²) in [6.45, 7) is 0. The molecule has 23 heavy (non-hydrogen) atoms. The monoisotopic (exact) mass is 331 g/mol. The number of nitrogens with one attached hydrogen (secondary N) is 1. The van der Waals surface area contributed by atoms with Crippen molar-refractivity contribution in [2.45, 2.75) is 0 Å². The molecule has 0 atom stereocenters. The van der Waals surface area contributed by atoms with Gasteiger partial charge in [-0.2, -0.15) is 0 Å². The van der Waals surface area contributed by atoms with Gasteiger partial charge < -0.3 is 5.32 Å². The Kier molecular flexibility index (Phi) is 2.90. The highest BCUT2D eigenvalue weighted by Gasteiger charge is 2.06. The molecule has 0 amide bonds. The van der Waals surface area contributed by atoms with Crippen molar-refractivity contribution in [1.82, 2.24) is 0 Å². The van der Waals surface area contributed by atoms with Gasteiger partial charge in [-0.15, -0.1) is 22.7 Å². The maximum atomic E-state index is 3.56. The second-order valence-electron chi connectivity index (χ2n) is 5.58. The highest BCUT2D eigenvalue weighted by atomic mass is 32.1. The van der Waals surface area contributed by atoms with E-state index < -0.39 is 0 Å². The van der Waals surface area contributed by atoms with Gasteiger partial charge in [-0.05, 0) is 35.7 Å². The van der Waals surface area contributed by atoms with Gasteiger partial charge >= 0.3 is 0 Å². The predicted molar refractivity (Wildman–Crippen MR) is 104 cm³/mol. The van der Waals surface area contributed by atoms with Crippen LogP contribution in [0, 0.1) is 0 Å². The van der Waals surface area contributed by atoms with Crippen molar-refractivity contribution in [2.75, 3.05) is 5.32 Å². The molecule has 0 aliphatic heterocycles. The van der Waals surface area contributed by atoms with Gasteiger partial charge in [0.05, 0.1) is 5.00 Å². The van der Waals surface area contributed by atoms with Crippen LogP contribution in [0.15, 0.2) is 72.8 Å². The number of thiophene rings is 2. The first-order valence-electron chi connectivity index (χ1n) is 7.54. The molecule has 0 saturated heterocycles. The van der Waals surface area contributed by atoms with Crippen molar-refractivity contribution in [3.8, 4) is 0 Å². The van der Waals surface area contributed by atoms with E-state index in [2.05, 4.69) is 78.1 Å². The zero-order valence-corrected chi connectivity index (χ0v) is 13.9. The molecule has 5 aromatic rings. The average Bonchev–Trinajstić information content (AvgIpc) is 3.14.